The van der Waals surface area contributed by atoms with Crippen molar-refractivity contribution < 1.29 is 9.84 Å². The molecule has 94 valence electrons. The van der Waals surface area contributed by atoms with E-state index in [9.17, 15) is 5.11 Å². The summed E-state index contributed by atoms with van der Waals surface area (Å²) in [6.45, 7) is 2.08. The van der Waals surface area contributed by atoms with Gasteiger partial charge in [0.05, 0.1) is 6.10 Å². The number of ether oxygens (including phenoxy) is 1. The van der Waals surface area contributed by atoms with E-state index >= 15 is 0 Å². The van der Waals surface area contributed by atoms with Crippen LogP contribution in [0.5, 0.6) is 5.75 Å². The first-order valence-electron chi connectivity index (χ1n) is 5.84. The second-order valence-corrected chi connectivity index (χ2v) is 6.72. The fraction of sp³-hybridized carbons (Fsp3) is 0.286. The normalized spacial score (nSPS) is 22.4. The molecule has 0 fully saturated rings. The molecule has 3 rings (SSSR count). The molecule has 0 saturated carbocycles. The third-order valence-electron chi connectivity index (χ3n) is 3.12. The van der Waals surface area contributed by atoms with Gasteiger partial charge in [-0.3, -0.25) is 0 Å². The van der Waals surface area contributed by atoms with Crippen molar-refractivity contribution in [3.8, 4) is 5.75 Å². The Bertz CT molecular complexity index is 579. The van der Waals surface area contributed by atoms with Crippen molar-refractivity contribution in [1.82, 2.24) is 0 Å². The molecule has 1 N–H and O–H groups in total. The summed E-state index contributed by atoms with van der Waals surface area (Å²) in [5, 5.41) is 10.2. The average Bonchev–Trinajstić information content (AvgIpc) is 2.77. The van der Waals surface area contributed by atoms with Gasteiger partial charge >= 0.3 is 0 Å². The fourth-order valence-corrected chi connectivity index (χ4v) is 3.52. The molecule has 2 unspecified atom stereocenters. The van der Waals surface area contributed by atoms with Crippen LogP contribution in [-0.2, 0) is 0 Å². The van der Waals surface area contributed by atoms with Gasteiger partial charge in [0.1, 0.15) is 11.9 Å². The molecule has 18 heavy (non-hydrogen) atoms. The van der Waals surface area contributed by atoms with Gasteiger partial charge in [-0.05, 0) is 37.3 Å². The van der Waals surface area contributed by atoms with Crippen LogP contribution in [0.3, 0.4) is 0 Å². The van der Waals surface area contributed by atoms with Crippen LogP contribution in [0.4, 0.5) is 0 Å². The summed E-state index contributed by atoms with van der Waals surface area (Å²) in [7, 11) is 0. The molecule has 0 spiro atoms. The Balaban J connectivity index is 1.94. The minimum Gasteiger partial charge on any atom is -0.484 e. The molecule has 0 saturated heterocycles. The smallest absolute Gasteiger partial charge is 0.136 e. The van der Waals surface area contributed by atoms with Crippen LogP contribution in [0, 0.1) is 6.92 Å². The van der Waals surface area contributed by atoms with Gasteiger partial charge in [-0.1, -0.05) is 15.9 Å². The number of hydrogen-bond acceptors (Lipinski definition) is 3. The van der Waals surface area contributed by atoms with Crippen molar-refractivity contribution in [2.45, 2.75) is 25.6 Å². The first kappa shape index (κ1) is 12.2. The highest BCUT2D eigenvalue weighted by Gasteiger charge is 2.28. The number of aliphatic hydroxyl groups is 1. The first-order valence-corrected chi connectivity index (χ1v) is 7.45. The Morgan fingerprint density at radius 2 is 2.17 bits per heavy atom. The maximum atomic E-state index is 10.2. The highest BCUT2D eigenvalue weighted by atomic mass is 79.9. The zero-order valence-electron chi connectivity index (χ0n) is 9.89. The van der Waals surface area contributed by atoms with Crippen molar-refractivity contribution >= 4 is 27.3 Å². The van der Waals surface area contributed by atoms with Crippen LogP contribution in [0.15, 0.2) is 34.8 Å². The van der Waals surface area contributed by atoms with Crippen molar-refractivity contribution in [3.63, 3.8) is 0 Å². The Morgan fingerprint density at radius 1 is 1.33 bits per heavy atom. The molecule has 1 aromatic heterocycles. The van der Waals surface area contributed by atoms with Gasteiger partial charge in [0.15, 0.2) is 0 Å². The number of hydrogen-bond donors (Lipinski definition) is 1. The molecule has 0 radical (unpaired) electrons. The van der Waals surface area contributed by atoms with Crippen LogP contribution in [0.25, 0.3) is 0 Å². The van der Waals surface area contributed by atoms with E-state index in [1.165, 1.54) is 9.75 Å². The maximum absolute atomic E-state index is 10.2. The Labute approximate surface area is 118 Å². The number of benzene rings is 1. The van der Waals surface area contributed by atoms with Gasteiger partial charge in [-0.25, -0.2) is 0 Å². The van der Waals surface area contributed by atoms with E-state index in [4.69, 9.17) is 4.74 Å². The van der Waals surface area contributed by atoms with Gasteiger partial charge < -0.3 is 9.84 Å². The van der Waals surface area contributed by atoms with Crippen LogP contribution in [0.1, 0.15) is 33.9 Å². The van der Waals surface area contributed by atoms with Crippen LogP contribution in [0.2, 0.25) is 0 Å². The van der Waals surface area contributed by atoms with E-state index in [1.54, 1.807) is 11.3 Å². The van der Waals surface area contributed by atoms with E-state index in [2.05, 4.69) is 35.0 Å². The molecular formula is C14H13BrO2S. The molecule has 2 atom stereocenters. The molecule has 2 nitrogen and oxygen atoms in total. The summed E-state index contributed by atoms with van der Waals surface area (Å²) in [6, 6.07) is 9.95. The van der Waals surface area contributed by atoms with Gasteiger partial charge in [0.25, 0.3) is 0 Å². The van der Waals surface area contributed by atoms with Gasteiger partial charge in [0, 0.05) is 26.2 Å². The second kappa shape index (κ2) is 4.68. The minimum absolute atomic E-state index is 0.0348. The van der Waals surface area contributed by atoms with Crippen molar-refractivity contribution in [2.24, 2.45) is 0 Å². The zero-order valence-corrected chi connectivity index (χ0v) is 12.3. The highest BCUT2D eigenvalue weighted by molar-refractivity contribution is 9.10. The molecule has 2 aromatic rings. The third-order valence-corrected chi connectivity index (χ3v) is 4.70. The molecule has 1 aliphatic heterocycles. The standard InChI is InChI=1S/C14H13BrO2S/c1-8-2-5-14(18-8)13-7-11(16)10-6-9(15)3-4-12(10)17-13/h2-6,11,13,16H,7H2,1H3. The zero-order chi connectivity index (χ0) is 12.7. The number of rotatable bonds is 1. The molecule has 1 aromatic carbocycles. The summed E-state index contributed by atoms with van der Waals surface area (Å²) in [5.74, 6) is 0.785. The summed E-state index contributed by atoms with van der Waals surface area (Å²) >= 11 is 5.15. The molecule has 2 heterocycles. The second-order valence-electron chi connectivity index (χ2n) is 4.49. The molecule has 1 aliphatic rings. The fourth-order valence-electron chi connectivity index (χ4n) is 2.22. The van der Waals surface area contributed by atoms with Gasteiger partial charge in [-0.15, -0.1) is 11.3 Å². The summed E-state index contributed by atoms with van der Waals surface area (Å²) < 4.78 is 6.95. The lowest BCUT2D eigenvalue weighted by Gasteiger charge is -2.29. The first-order chi connectivity index (χ1) is 8.63. The predicted octanol–water partition coefficient (Wildman–Crippen LogP) is 4.38. The number of halogens is 1. The van der Waals surface area contributed by atoms with Crippen LogP contribution >= 0.6 is 27.3 Å². The van der Waals surface area contributed by atoms with Crippen molar-refractivity contribution in [1.29, 1.82) is 0 Å². The van der Waals surface area contributed by atoms with Gasteiger partial charge in [0.2, 0.25) is 0 Å². The van der Waals surface area contributed by atoms with Crippen molar-refractivity contribution in [3.05, 3.63) is 50.1 Å². The monoisotopic (exact) mass is 324 g/mol. The Kier molecular flexibility index (Phi) is 3.18. The lowest BCUT2D eigenvalue weighted by molar-refractivity contribution is 0.0674. The summed E-state index contributed by atoms with van der Waals surface area (Å²) in [6.07, 6.45) is 0.120. The van der Waals surface area contributed by atoms with Crippen LogP contribution < -0.4 is 4.74 Å². The number of fused-ring (bicyclic) bond motifs is 1. The maximum Gasteiger partial charge on any atom is 0.136 e. The lowest BCUT2D eigenvalue weighted by atomic mass is 9.98. The van der Waals surface area contributed by atoms with E-state index in [-0.39, 0.29) is 6.10 Å². The van der Waals surface area contributed by atoms with E-state index in [0.717, 1.165) is 15.8 Å². The SMILES string of the molecule is Cc1ccc(C2CC(O)c3cc(Br)ccc3O2)s1. The molecule has 0 aliphatic carbocycles. The highest BCUT2D eigenvalue weighted by Crippen LogP contribution is 2.43. The van der Waals surface area contributed by atoms with E-state index in [1.807, 2.05) is 18.2 Å². The van der Waals surface area contributed by atoms with Crippen molar-refractivity contribution in [2.75, 3.05) is 0 Å². The average molecular weight is 325 g/mol. The Hall–Kier alpha value is -0.840. The third kappa shape index (κ3) is 2.20. The Morgan fingerprint density at radius 3 is 2.89 bits per heavy atom. The quantitative estimate of drug-likeness (QED) is 0.843. The minimum atomic E-state index is -0.460. The number of aliphatic hydroxyl groups excluding tert-OH is 1. The lowest BCUT2D eigenvalue weighted by Crippen LogP contribution is -2.18. The number of thiophene rings is 1. The van der Waals surface area contributed by atoms with E-state index in [0.29, 0.717) is 6.42 Å². The largest absolute Gasteiger partial charge is 0.484 e. The summed E-state index contributed by atoms with van der Waals surface area (Å²) in [5.41, 5.74) is 0.869. The summed E-state index contributed by atoms with van der Waals surface area (Å²) in [4.78, 5) is 2.45. The molecular weight excluding hydrogens is 312 g/mol. The van der Waals surface area contributed by atoms with Gasteiger partial charge in [-0.2, -0.15) is 0 Å². The molecule has 0 amide bonds. The molecule has 4 heteroatoms. The molecule has 0 bridgehead atoms. The van der Waals surface area contributed by atoms with Crippen LogP contribution in [-0.4, -0.2) is 5.11 Å². The predicted molar refractivity (Wildman–Crippen MR) is 76.1 cm³/mol. The number of aryl methyl sites for hydroxylation is 1. The van der Waals surface area contributed by atoms with E-state index < -0.39 is 6.10 Å². The topological polar surface area (TPSA) is 29.5 Å².